The van der Waals surface area contributed by atoms with Crippen LogP contribution in [-0.4, -0.2) is 0 Å². The van der Waals surface area contributed by atoms with Gasteiger partial charge in [-0.1, -0.05) is 231 Å². The molecular formula is C74H54N2O2. The van der Waals surface area contributed by atoms with E-state index in [0.29, 0.717) is 0 Å². The van der Waals surface area contributed by atoms with Crippen LogP contribution >= 0.6 is 0 Å². The van der Waals surface area contributed by atoms with Gasteiger partial charge in [-0.2, -0.15) is 0 Å². The van der Waals surface area contributed by atoms with Crippen molar-refractivity contribution in [1.29, 1.82) is 0 Å². The Bertz CT molecular complexity index is 4040. The zero-order valence-electron chi connectivity index (χ0n) is 43.2. The molecule has 0 saturated heterocycles. The van der Waals surface area contributed by atoms with Crippen LogP contribution in [0, 0.1) is 0 Å². The van der Waals surface area contributed by atoms with E-state index in [1.54, 1.807) is 0 Å². The summed E-state index contributed by atoms with van der Waals surface area (Å²) < 4.78 is 14.4. The number of ether oxygens (including phenoxy) is 2. The largest absolute Gasteiger partial charge is 0.457 e. The first-order valence-corrected chi connectivity index (χ1v) is 26.5. The average Bonchev–Trinajstić information content (AvgIpc) is 3.68. The van der Waals surface area contributed by atoms with E-state index in [-0.39, 0.29) is 0 Å². The Kier molecular flexibility index (Phi) is 12.5. The second-order valence-electron chi connectivity index (χ2n) is 19.6. The van der Waals surface area contributed by atoms with Crippen molar-refractivity contribution in [2.75, 3.05) is 9.80 Å². The van der Waals surface area contributed by atoms with Crippen LogP contribution in [-0.2, 0) is 5.41 Å². The fourth-order valence-corrected chi connectivity index (χ4v) is 11.7. The first-order valence-electron chi connectivity index (χ1n) is 26.5. The number of rotatable bonds is 12. The molecular weight excluding hydrogens is 949 g/mol. The highest BCUT2D eigenvalue weighted by atomic mass is 16.5. The van der Waals surface area contributed by atoms with Crippen molar-refractivity contribution in [3.63, 3.8) is 0 Å². The smallest absolute Gasteiger partial charge is 0.134 e. The average molecular weight is 1000 g/mol. The lowest BCUT2D eigenvalue weighted by atomic mass is 9.62. The SMILES string of the molecule is C=C/C=C(\C=C/C)c1ccccc1N(c1cccc(-c2ccccc2)c1)c1ccc2c(c1)Oc1cc(N(c3cccc(-c4ccccc4)c3)c3ccccc3-c3ccccc3)ccc1C21c2ccccc2Oc2ccccc21. The minimum absolute atomic E-state index is 0.739. The molecule has 0 N–H and O–H groups in total. The first-order chi connectivity index (χ1) is 38.6. The number of hydrogen-bond acceptors (Lipinski definition) is 4. The van der Waals surface area contributed by atoms with Gasteiger partial charge < -0.3 is 19.3 Å². The molecule has 1 spiro atoms. The summed E-state index contributed by atoms with van der Waals surface area (Å²) in [4.78, 5) is 4.73. The molecule has 4 heteroatoms. The molecule has 0 amide bonds. The number of anilines is 6. The van der Waals surface area contributed by atoms with Crippen molar-refractivity contribution >= 4 is 39.7 Å². The second-order valence-corrected chi connectivity index (χ2v) is 19.6. The third-order valence-corrected chi connectivity index (χ3v) is 15.0. The monoisotopic (exact) mass is 1000 g/mol. The van der Waals surface area contributed by atoms with E-state index in [1.165, 1.54) is 0 Å². The molecule has 0 bridgehead atoms. The van der Waals surface area contributed by atoms with Crippen molar-refractivity contribution in [3.05, 3.63) is 332 Å². The van der Waals surface area contributed by atoms with Gasteiger partial charge in [-0.15, -0.1) is 0 Å². The van der Waals surface area contributed by atoms with Crippen molar-refractivity contribution in [2.45, 2.75) is 12.3 Å². The number of hydrogen-bond donors (Lipinski definition) is 0. The Labute approximate surface area is 457 Å². The van der Waals surface area contributed by atoms with Crippen LogP contribution in [0.3, 0.4) is 0 Å². The highest BCUT2D eigenvalue weighted by Gasteiger charge is 2.51. The lowest BCUT2D eigenvalue weighted by Gasteiger charge is -2.45. The van der Waals surface area contributed by atoms with Gasteiger partial charge in [-0.25, -0.2) is 0 Å². The van der Waals surface area contributed by atoms with E-state index in [0.717, 1.165) is 124 Å². The minimum atomic E-state index is -0.840. The van der Waals surface area contributed by atoms with Gasteiger partial charge in [-0.3, -0.25) is 0 Å². The quantitative estimate of drug-likeness (QED) is 0.114. The Morgan fingerprint density at radius 3 is 1.35 bits per heavy atom. The van der Waals surface area contributed by atoms with E-state index in [1.807, 2.05) is 6.08 Å². The van der Waals surface area contributed by atoms with E-state index >= 15 is 0 Å². The minimum Gasteiger partial charge on any atom is -0.457 e. The maximum Gasteiger partial charge on any atom is 0.134 e. The molecule has 0 saturated carbocycles. The van der Waals surface area contributed by atoms with Crippen LogP contribution in [0.2, 0.25) is 0 Å². The van der Waals surface area contributed by atoms with Crippen LogP contribution in [0.1, 0.15) is 34.7 Å². The highest BCUT2D eigenvalue weighted by Crippen LogP contribution is 2.63. The maximum absolute atomic E-state index is 7.59. The summed E-state index contributed by atoms with van der Waals surface area (Å²) in [6.07, 6.45) is 8.16. The normalized spacial score (nSPS) is 12.8. The molecule has 0 radical (unpaired) electrons. The Hall–Kier alpha value is -10.2. The molecule has 372 valence electrons. The highest BCUT2D eigenvalue weighted by molar-refractivity contribution is 5.93. The number of benzene rings is 11. The van der Waals surface area contributed by atoms with Gasteiger partial charge in [-0.05, 0) is 101 Å². The zero-order valence-corrected chi connectivity index (χ0v) is 43.2. The second kappa shape index (κ2) is 20.5. The van der Waals surface area contributed by atoms with E-state index in [4.69, 9.17) is 9.47 Å². The standard InChI is InChI=1S/C74H54N2O2/c1-3-24-54(25-4-2)62-36-14-18-40-68(62)75(58-34-22-32-56(48-58)52-26-8-5-9-27-52)60-44-46-66-72(50-60)78-73-51-61(45-47-67(73)74(66)64-38-16-20-42-70(64)77-71-43-21-17-39-65(71)74)76(59-35-23-33-57(49-59)53-28-10-6-11-29-53)69-41-19-15-37-63(69)55-30-12-7-13-31-55/h3-51H,1H2,2H3/b25-4-,54-24+. The molecule has 0 aliphatic carbocycles. The van der Waals surface area contributed by atoms with Gasteiger partial charge in [0.15, 0.2) is 0 Å². The summed E-state index contributed by atoms with van der Waals surface area (Å²) in [5, 5.41) is 0. The molecule has 2 heterocycles. The predicted molar refractivity (Wildman–Crippen MR) is 324 cm³/mol. The Morgan fingerprint density at radius 2 is 0.795 bits per heavy atom. The number of para-hydroxylation sites is 4. The molecule has 0 aromatic heterocycles. The molecule has 78 heavy (non-hydrogen) atoms. The molecule has 13 rings (SSSR count). The van der Waals surface area contributed by atoms with Crippen LogP contribution in [0.25, 0.3) is 39.0 Å². The summed E-state index contributed by atoms with van der Waals surface area (Å²) in [5.41, 5.74) is 18.1. The Balaban J connectivity index is 1.06. The predicted octanol–water partition coefficient (Wildman–Crippen LogP) is 20.4. The van der Waals surface area contributed by atoms with Crippen LogP contribution in [0.4, 0.5) is 34.1 Å². The van der Waals surface area contributed by atoms with Crippen LogP contribution < -0.4 is 19.3 Å². The topological polar surface area (TPSA) is 24.9 Å². The van der Waals surface area contributed by atoms with E-state index in [2.05, 4.69) is 315 Å². The van der Waals surface area contributed by atoms with Gasteiger partial charge in [0.2, 0.25) is 0 Å². The van der Waals surface area contributed by atoms with E-state index < -0.39 is 5.41 Å². The summed E-state index contributed by atoms with van der Waals surface area (Å²) in [6, 6.07) is 97.2. The fraction of sp³-hybridized carbons (Fsp3) is 0.0270. The van der Waals surface area contributed by atoms with Gasteiger partial charge in [0.05, 0.1) is 16.8 Å². The van der Waals surface area contributed by atoms with E-state index in [9.17, 15) is 0 Å². The molecule has 0 unspecified atom stereocenters. The van der Waals surface area contributed by atoms with Gasteiger partial charge >= 0.3 is 0 Å². The third kappa shape index (κ3) is 8.37. The molecule has 2 aliphatic heterocycles. The third-order valence-electron chi connectivity index (χ3n) is 15.0. The van der Waals surface area contributed by atoms with Crippen molar-refractivity contribution in [2.24, 2.45) is 0 Å². The maximum atomic E-state index is 7.59. The summed E-state index contributed by atoms with van der Waals surface area (Å²) in [5.74, 6) is 3.09. The molecule has 0 fully saturated rings. The molecule has 11 aromatic carbocycles. The molecule has 11 aromatic rings. The Morgan fingerprint density at radius 1 is 0.372 bits per heavy atom. The lowest BCUT2D eigenvalue weighted by Crippen LogP contribution is -2.37. The number of allylic oxidation sites excluding steroid dienone is 5. The summed E-state index contributed by atoms with van der Waals surface area (Å²) >= 11 is 0. The lowest BCUT2D eigenvalue weighted by molar-refractivity contribution is 0.399. The van der Waals surface area contributed by atoms with Crippen molar-refractivity contribution < 1.29 is 9.47 Å². The van der Waals surface area contributed by atoms with Gasteiger partial charge in [0.25, 0.3) is 0 Å². The number of fused-ring (bicyclic) bond motifs is 8. The van der Waals surface area contributed by atoms with Gasteiger partial charge in [0.1, 0.15) is 23.0 Å². The summed E-state index contributed by atoms with van der Waals surface area (Å²) in [7, 11) is 0. The first kappa shape index (κ1) is 47.5. The zero-order chi connectivity index (χ0) is 52.4. The summed E-state index contributed by atoms with van der Waals surface area (Å²) in [6.45, 7) is 6.17. The van der Waals surface area contributed by atoms with Crippen molar-refractivity contribution in [1.82, 2.24) is 0 Å². The van der Waals surface area contributed by atoms with Crippen molar-refractivity contribution in [3.8, 4) is 56.4 Å². The molecule has 2 aliphatic rings. The fourth-order valence-electron chi connectivity index (χ4n) is 11.7. The number of nitrogens with zero attached hydrogens (tertiary/aromatic N) is 2. The van der Waals surface area contributed by atoms with Crippen LogP contribution in [0.5, 0.6) is 23.0 Å². The molecule has 0 atom stereocenters. The van der Waals surface area contributed by atoms with Crippen LogP contribution in [0.15, 0.2) is 304 Å². The molecule has 4 nitrogen and oxygen atoms in total. The van der Waals surface area contributed by atoms with Gasteiger partial charge in [0, 0.05) is 68.3 Å².